The van der Waals surface area contributed by atoms with Crippen molar-refractivity contribution in [3.8, 4) is 0 Å². The van der Waals surface area contributed by atoms with Gasteiger partial charge in [-0.3, -0.25) is 4.79 Å². The van der Waals surface area contributed by atoms with Crippen LogP contribution in [0.15, 0.2) is 24.3 Å². The number of benzene rings is 1. The smallest absolute Gasteiger partial charge is 0.314 e. The number of carboxylic acid groups (broad SMARTS) is 1. The first kappa shape index (κ1) is 14.6. The standard InChI is InChI=1S/C18H24O3/c19-17(20)18(9-2-1-3-10-18)16-6-4-5-15(13-16)14-7-11-21-12-8-14/h4-6,13-14H,1-3,7-12H2,(H,19,20). The van der Waals surface area contributed by atoms with E-state index < -0.39 is 11.4 Å². The van der Waals surface area contributed by atoms with Crippen molar-refractivity contribution in [2.45, 2.75) is 56.3 Å². The van der Waals surface area contributed by atoms with Gasteiger partial charge in [0, 0.05) is 13.2 Å². The fourth-order valence-electron chi connectivity index (χ4n) is 3.90. The summed E-state index contributed by atoms with van der Waals surface area (Å²) in [4.78, 5) is 11.9. The summed E-state index contributed by atoms with van der Waals surface area (Å²) in [5.74, 6) is -0.125. The van der Waals surface area contributed by atoms with Crippen molar-refractivity contribution in [3.05, 3.63) is 35.4 Å². The van der Waals surface area contributed by atoms with Crippen molar-refractivity contribution in [2.75, 3.05) is 13.2 Å². The van der Waals surface area contributed by atoms with Crippen molar-refractivity contribution in [1.29, 1.82) is 0 Å². The van der Waals surface area contributed by atoms with Crippen LogP contribution in [0.4, 0.5) is 0 Å². The lowest BCUT2D eigenvalue weighted by atomic mass is 9.69. The molecule has 0 aromatic heterocycles. The maximum Gasteiger partial charge on any atom is 0.314 e. The lowest BCUT2D eigenvalue weighted by Gasteiger charge is -2.34. The van der Waals surface area contributed by atoms with E-state index in [0.29, 0.717) is 5.92 Å². The van der Waals surface area contributed by atoms with Gasteiger partial charge in [0.15, 0.2) is 0 Å². The second kappa shape index (κ2) is 6.18. The quantitative estimate of drug-likeness (QED) is 0.918. The highest BCUT2D eigenvalue weighted by molar-refractivity contribution is 5.81. The van der Waals surface area contributed by atoms with Crippen molar-refractivity contribution in [3.63, 3.8) is 0 Å². The molecule has 1 aromatic carbocycles. The number of rotatable bonds is 3. The van der Waals surface area contributed by atoms with Gasteiger partial charge in [0.2, 0.25) is 0 Å². The molecule has 114 valence electrons. The number of carbonyl (C=O) groups is 1. The minimum atomic E-state index is -0.653. The lowest BCUT2D eigenvalue weighted by molar-refractivity contribution is -0.145. The largest absolute Gasteiger partial charge is 0.481 e. The van der Waals surface area contributed by atoms with Crippen LogP contribution in [-0.2, 0) is 14.9 Å². The number of aliphatic carboxylic acids is 1. The van der Waals surface area contributed by atoms with E-state index in [1.165, 1.54) is 5.56 Å². The van der Waals surface area contributed by atoms with Crippen LogP contribution in [0.5, 0.6) is 0 Å². The average molecular weight is 288 g/mol. The van der Waals surface area contributed by atoms with Crippen LogP contribution in [-0.4, -0.2) is 24.3 Å². The van der Waals surface area contributed by atoms with E-state index in [-0.39, 0.29) is 0 Å². The normalized spacial score (nSPS) is 22.9. The van der Waals surface area contributed by atoms with E-state index in [0.717, 1.165) is 63.7 Å². The van der Waals surface area contributed by atoms with E-state index in [1.807, 2.05) is 12.1 Å². The molecule has 2 fully saturated rings. The molecular weight excluding hydrogens is 264 g/mol. The molecule has 1 aromatic rings. The highest BCUT2D eigenvalue weighted by Crippen LogP contribution is 2.41. The van der Waals surface area contributed by atoms with Gasteiger partial charge in [-0.2, -0.15) is 0 Å². The predicted octanol–water partition coefficient (Wildman–Crippen LogP) is 3.87. The third kappa shape index (κ3) is 2.84. The molecule has 1 aliphatic carbocycles. The van der Waals surface area contributed by atoms with Crippen LogP contribution in [0.1, 0.15) is 62.0 Å². The van der Waals surface area contributed by atoms with Crippen LogP contribution >= 0.6 is 0 Å². The van der Waals surface area contributed by atoms with Crippen molar-refractivity contribution in [1.82, 2.24) is 0 Å². The summed E-state index contributed by atoms with van der Waals surface area (Å²) in [6.07, 6.45) is 6.85. The van der Waals surface area contributed by atoms with Gasteiger partial charge in [-0.05, 0) is 42.7 Å². The zero-order chi connectivity index (χ0) is 14.7. The minimum absolute atomic E-state index is 0.521. The molecule has 0 atom stereocenters. The number of carboxylic acids is 1. The first-order chi connectivity index (χ1) is 10.2. The summed E-state index contributed by atoms with van der Waals surface area (Å²) >= 11 is 0. The minimum Gasteiger partial charge on any atom is -0.481 e. The molecule has 0 unspecified atom stereocenters. The van der Waals surface area contributed by atoms with Crippen molar-refractivity contribution < 1.29 is 14.6 Å². The number of hydrogen-bond acceptors (Lipinski definition) is 2. The number of ether oxygens (including phenoxy) is 1. The molecule has 21 heavy (non-hydrogen) atoms. The summed E-state index contributed by atoms with van der Waals surface area (Å²) in [6, 6.07) is 8.37. The molecule has 3 rings (SSSR count). The van der Waals surface area contributed by atoms with Gasteiger partial charge in [0.25, 0.3) is 0 Å². The summed E-state index contributed by atoms with van der Waals surface area (Å²) in [5.41, 5.74) is 1.65. The summed E-state index contributed by atoms with van der Waals surface area (Å²) in [7, 11) is 0. The average Bonchev–Trinajstić information content (AvgIpc) is 2.56. The molecule has 1 aliphatic heterocycles. The Kier molecular flexibility index (Phi) is 4.29. The van der Waals surface area contributed by atoms with E-state index in [4.69, 9.17) is 4.74 Å². The van der Waals surface area contributed by atoms with Gasteiger partial charge in [0.05, 0.1) is 5.41 Å². The molecule has 0 bridgehead atoms. The second-order valence-electron chi connectivity index (χ2n) is 6.46. The molecule has 1 saturated heterocycles. The van der Waals surface area contributed by atoms with Crippen molar-refractivity contribution in [2.24, 2.45) is 0 Å². The van der Waals surface area contributed by atoms with E-state index in [1.54, 1.807) is 0 Å². The summed E-state index contributed by atoms with van der Waals surface area (Å²) in [6.45, 7) is 1.64. The zero-order valence-corrected chi connectivity index (χ0v) is 12.5. The van der Waals surface area contributed by atoms with Gasteiger partial charge in [-0.1, -0.05) is 43.5 Å². The maximum atomic E-state index is 11.9. The molecule has 1 saturated carbocycles. The maximum absolute atomic E-state index is 11.9. The Morgan fingerprint density at radius 2 is 1.86 bits per heavy atom. The van der Waals surface area contributed by atoms with Crippen LogP contribution in [0.2, 0.25) is 0 Å². The molecule has 0 spiro atoms. The predicted molar refractivity (Wildman–Crippen MR) is 81.6 cm³/mol. The molecule has 0 radical (unpaired) electrons. The molecule has 1 N–H and O–H groups in total. The lowest BCUT2D eigenvalue weighted by Crippen LogP contribution is -2.37. The number of hydrogen-bond donors (Lipinski definition) is 1. The SMILES string of the molecule is O=C(O)C1(c2cccc(C3CCOCC3)c2)CCCCC1. The fourth-order valence-corrected chi connectivity index (χ4v) is 3.90. The zero-order valence-electron chi connectivity index (χ0n) is 12.5. The molecule has 0 amide bonds. The Hall–Kier alpha value is -1.35. The highest BCUT2D eigenvalue weighted by Gasteiger charge is 2.41. The fraction of sp³-hybridized carbons (Fsp3) is 0.611. The first-order valence-corrected chi connectivity index (χ1v) is 8.14. The van der Waals surface area contributed by atoms with Crippen LogP contribution < -0.4 is 0 Å². The Bertz CT molecular complexity index is 497. The highest BCUT2D eigenvalue weighted by atomic mass is 16.5. The van der Waals surface area contributed by atoms with E-state index in [2.05, 4.69) is 12.1 Å². The Morgan fingerprint density at radius 1 is 1.14 bits per heavy atom. The molecule has 1 heterocycles. The van der Waals surface area contributed by atoms with Crippen LogP contribution in [0.3, 0.4) is 0 Å². The van der Waals surface area contributed by atoms with Gasteiger partial charge >= 0.3 is 5.97 Å². The Labute approximate surface area is 126 Å². The van der Waals surface area contributed by atoms with Gasteiger partial charge in [0.1, 0.15) is 0 Å². The van der Waals surface area contributed by atoms with E-state index in [9.17, 15) is 9.90 Å². The Balaban J connectivity index is 1.91. The van der Waals surface area contributed by atoms with Gasteiger partial charge in [-0.15, -0.1) is 0 Å². The third-order valence-electron chi connectivity index (χ3n) is 5.25. The first-order valence-electron chi connectivity index (χ1n) is 8.14. The monoisotopic (exact) mass is 288 g/mol. The van der Waals surface area contributed by atoms with Crippen molar-refractivity contribution >= 4 is 5.97 Å². The molecular formula is C18H24O3. The van der Waals surface area contributed by atoms with Crippen LogP contribution in [0, 0.1) is 0 Å². The third-order valence-corrected chi connectivity index (χ3v) is 5.25. The molecule has 3 nitrogen and oxygen atoms in total. The van der Waals surface area contributed by atoms with Crippen LogP contribution in [0.25, 0.3) is 0 Å². The molecule has 3 heteroatoms. The second-order valence-corrected chi connectivity index (χ2v) is 6.46. The van der Waals surface area contributed by atoms with Gasteiger partial charge in [-0.25, -0.2) is 0 Å². The summed E-state index contributed by atoms with van der Waals surface area (Å²) in [5, 5.41) is 9.82. The Morgan fingerprint density at radius 3 is 2.52 bits per heavy atom. The molecule has 2 aliphatic rings. The van der Waals surface area contributed by atoms with E-state index >= 15 is 0 Å². The topological polar surface area (TPSA) is 46.5 Å². The van der Waals surface area contributed by atoms with Gasteiger partial charge < -0.3 is 9.84 Å². The summed E-state index contributed by atoms with van der Waals surface area (Å²) < 4.78 is 5.43.